The summed E-state index contributed by atoms with van der Waals surface area (Å²) in [5, 5.41) is 3.86. The maximum absolute atomic E-state index is 12.8. The number of benzene rings is 1. The Kier molecular flexibility index (Phi) is 2.60. The second-order valence-corrected chi connectivity index (χ2v) is 3.54. The largest absolute Gasteiger partial charge is 0.396 e. The van der Waals surface area contributed by atoms with Gasteiger partial charge in [0.1, 0.15) is 5.69 Å². The van der Waals surface area contributed by atoms with E-state index < -0.39 is 6.43 Å². The van der Waals surface area contributed by atoms with Crippen LogP contribution in [-0.2, 0) is 0 Å². The van der Waals surface area contributed by atoms with E-state index in [0.717, 1.165) is 5.56 Å². The second-order valence-electron chi connectivity index (χ2n) is 3.54. The molecule has 0 saturated heterocycles. The first-order valence-electron chi connectivity index (χ1n) is 4.78. The van der Waals surface area contributed by atoms with E-state index >= 15 is 0 Å². The third-order valence-corrected chi connectivity index (χ3v) is 2.29. The van der Waals surface area contributed by atoms with Crippen molar-refractivity contribution in [1.82, 2.24) is 9.78 Å². The van der Waals surface area contributed by atoms with Gasteiger partial charge < -0.3 is 5.73 Å². The number of hydrogen-bond donors (Lipinski definition) is 1. The van der Waals surface area contributed by atoms with Gasteiger partial charge in [0.2, 0.25) is 0 Å². The number of alkyl halides is 2. The number of nitrogen functional groups attached to an aromatic ring is 1. The van der Waals surface area contributed by atoms with Gasteiger partial charge in [0.25, 0.3) is 6.43 Å². The molecule has 0 radical (unpaired) electrons. The quantitative estimate of drug-likeness (QED) is 0.850. The zero-order valence-corrected chi connectivity index (χ0v) is 8.69. The average Bonchev–Trinajstić information content (AvgIpc) is 2.60. The molecule has 0 aliphatic heterocycles. The van der Waals surface area contributed by atoms with Crippen LogP contribution in [0.3, 0.4) is 0 Å². The average molecular weight is 223 g/mol. The van der Waals surface area contributed by atoms with Crippen LogP contribution in [0.4, 0.5) is 14.5 Å². The van der Waals surface area contributed by atoms with E-state index in [1.54, 1.807) is 18.2 Å². The SMILES string of the molecule is Cc1cccc(-n2ncc(N)c2C(F)F)c1. The molecule has 16 heavy (non-hydrogen) atoms. The van der Waals surface area contributed by atoms with Crippen molar-refractivity contribution in [2.24, 2.45) is 0 Å². The molecule has 0 aliphatic carbocycles. The molecule has 0 bridgehead atoms. The number of aryl methyl sites for hydroxylation is 1. The van der Waals surface area contributed by atoms with Gasteiger partial charge in [0.05, 0.1) is 17.6 Å². The van der Waals surface area contributed by atoms with Crippen molar-refractivity contribution >= 4 is 5.69 Å². The molecule has 5 heteroatoms. The summed E-state index contributed by atoms with van der Waals surface area (Å²) in [6, 6.07) is 7.17. The Bertz CT molecular complexity index is 506. The van der Waals surface area contributed by atoms with Crippen LogP contribution in [0.25, 0.3) is 5.69 Å². The number of aromatic nitrogens is 2. The molecule has 1 aromatic heterocycles. The summed E-state index contributed by atoms with van der Waals surface area (Å²) in [7, 11) is 0. The van der Waals surface area contributed by atoms with E-state index in [2.05, 4.69) is 5.10 Å². The second kappa shape index (κ2) is 3.92. The van der Waals surface area contributed by atoms with E-state index in [1.807, 2.05) is 13.0 Å². The molecule has 0 unspecified atom stereocenters. The third kappa shape index (κ3) is 1.76. The van der Waals surface area contributed by atoms with Crippen molar-refractivity contribution in [3.05, 3.63) is 41.7 Å². The topological polar surface area (TPSA) is 43.8 Å². The van der Waals surface area contributed by atoms with Crippen LogP contribution in [0.5, 0.6) is 0 Å². The van der Waals surface area contributed by atoms with Crippen molar-refractivity contribution in [3.8, 4) is 5.69 Å². The molecule has 1 aromatic carbocycles. The molecular weight excluding hydrogens is 212 g/mol. The van der Waals surface area contributed by atoms with Crippen molar-refractivity contribution in [2.45, 2.75) is 13.3 Å². The molecule has 0 amide bonds. The Morgan fingerprint density at radius 1 is 1.38 bits per heavy atom. The van der Waals surface area contributed by atoms with Gasteiger partial charge in [-0.1, -0.05) is 12.1 Å². The fraction of sp³-hybridized carbons (Fsp3) is 0.182. The standard InChI is InChI=1S/C11H11F2N3/c1-7-3-2-4-8(5-7)16-10(11(12)13)9(14)6-15-16/h2-6,11H,14H2,1H3. The van der Waals surface area contributed by atoms with Gasteiger partial charge in [-0.05, 0) is 24.6 Å². The van der Waals surface area contributed by atoms with E-state index in [-0.39, 0.29) is 11.4 Å². The van der Waals surface area contributed by atoms with Crippen molar-refractivity contribution in [2.75, 3.05) is 5.73 Å². The van der Waals surface area contributed by atoms with Gasteiger partial charge in [0.15, 0.2) is 0 Å². The molecule has 84 valence electrons. The lowest BCUT2D eigenvalue weighted by Crippen LogP contribution is -2.04. The number of halogens is 2. The first-order chi connectivity index (χ1) is 7.59. The van der Waals surface area contributed by atoms with Gasteiger partial charge in [-0.15, -0.1) is 0 Å². The van der Waals surface area contributed by atoms with E-state index in [0.29, 0.717) is 5.69 Å². The minimum absolute atomic E-state index is 0.0107. The van der Waals surface area contributed by atoms with E-state index in [9.17, 15) is 8.78 Å². The van der Waals surface area contributed by atoms with Crippen LogP contribution in [-0.4, -0.2) is 9.78 Å². The summed E-state index contributed by atoms with van der Waals surface area (Å²) in [5.74, 6) is 0. The number of anilines is 1. The van der Waals surface area contributed by atoms with Crippen molar-refractivity contribution in [1.29, 1.82) is 0 Å². The Morgan fingerprint density at radius 2 is 2.12 bits per heavy atom. The molecule has 2 rings (SSSR count). The Morgan fingerprint density at radius 3 is 2.75 bits per heavy atom. The maximum atomic E-state index is 12.8. The highest BCUT2D eigenvalue weighted by molar-refractivity contribution is 5.47. The first-order valence-corrected chi connectivity index (χ1v) is 4.78. The maximum Gasteiger partial charge on any atom is 0.282 e. The molecule has 0 saturated carbocycles. The molecule has 0 atom stereocenters. The third-order valence-electron chi connectivity index (χ3n) is 2.29. The predicted molar refractivity (Wildman–Crippen MR) is 57.7 cm³/mol. The van der Waals surface area contributed by atoms with Crippen LogP contribution >= 0.6 is 0 Å². The van der Waals surface area contributed by atoms with Gasteiger partial charge in [0, 0.05) is 0 Å². The van der Waals surface area contributed by atoms with Gasteiger partial charge in [-0.3, -0.25) is 0 Å². The number of nitrogens with two attached hydrogens (primary N) is 1. The van der Waals surface area contributed by atoms with Crippen molar-refractivity contribution in [3.63, 3.8) is 0 Å². The van der Waals surface area contributed by atoms with Crippen LogP contribution in [0, 0.1) is 6.92 Å². The lowest BCUT2D eigenvalue weighted by Gasteiger charge is -2.07. The molecule has 2 aromatic rings. The summed E-state index contributed by atoms with van der Waals surface area (Å²) in [4.78, 5) is 0. The molecule has 1 heterocycles. The molecule has 0 fully saturated rings. The lowest BCUT2D eigenvalue weighted by molar-refractivity contribution is 0.143. The molecule has 0 spiro atoms. The van der Waals surface area contributed by atoms with Gasteiger partial charge >= 0.3 is 0 Å². The minimum atomic E-state index is -2.64. The summed E-state index contributed by atoms with van der Waals surface area (Å²) < 4.78 is 26.7. The van der Waals surface area contributed by atoms with Gasteiger partial charge in [-0.2, -0.15) is 5.10 Å². The summed E-state index contributed by atoms with van der Waals surface area (Å²) in [5.41, 5.74) is 6.77. The molecule has 0 aliphatic rings. The Hall–Kier alpha value is -1.91. The molecule has 3 nitrogen and oxygen atoms in total. The highest BCUT2D eigenvalue weighted by atomic mass is 19.3. The number of rotatable bonds is 2. The highest BCUT2D eigenvalue weighted by Gasteiger charge is 2.19. The number of nitrogens with zero attached hydrogens (tertiary/aromatic N) is 2. The van der Waals surface area contributed by atoms with Crippen molar-refractivity contribution < 1.29 is 8.78 Å². The smallest absolute Gasteiger partial charge is 0.282 e. The fourth-order valence-corrected chi connectivity index (χ4v) is 1.55. The fourth-order valence-electron chi connectivity index (χ4n) is 1.55. The highest BCUT2D eigenvalue weighted by Crippen LogP contribution is 2.27. The zero-order chi connectivity index (χ0) is 11.7. The van der Waals surface area contributed by atoms with E-state index in [1.165, 1.54) is 10.9 Å². The Labute approximate surface area is 91.5 Å². The molecular formula is C11H11F2N3. The van der Waals surface area contributed by atoms with Gasteiger partial charge in [-0.25, -0.2) is 13.5 Å². The van der Waals surface area contributed by atoms with Crippen LogP contribution in [0.1, 0.15) is 17.7 Å². The summed E-state index contributed by atoms with van der Waals surface area (Å²) >= 11 is 0. The lowest BCUT2D eigenvalue weighted by atomic mass is 10.2. The minimum Gasteiger partial charge on any atom is -0.396 e. The zero-order valence-electron chi connectivity index (χ0n) is 8.69. The number of hydrogen-bond acceptors (Lipinski definition) is 2. The van der Waals surface area contributed by atoms with Crippen LogP contribution in [0.15, 0.2) is 30.5 Å². The monoisotopic (exact) mass is 223 g/mol. The summed E-state index contributed by atoms with van der Waals surface area (Å²) in [6.45, 7) is 1.89. The normalized spacial score (nSPS) is 11.0. The van der Waals surface area contributed by atoms with E-state index in [4.69, 9.17) is 5.73 Å². The van der Waals surface area contributed by atoms with Crippen LogP contribution in [0.2, 0.25) is 0 Å². The Balaban J connectivity index is 2.56. The van der Waals surface area contributed by atoms with Crippen LogP contribution < -0.4 is 5.73 Å². The first kappa shape index (κ1) is 10.6. The molecule has 2 N–H and O–H groups in total. The predicted octanol–water partition coefficient (Wildman–Crippen LogP) is 2.70. The summed E-state index contributed by atoms with van der Waals surface area (Å²) in [6.07, 6.45) is -1.40.